The highest BCUT2D eigenvalue weighted by molar-refractivity contribution is 5.97. The number of hydrogen-bond acceptors (Lipinski definition) is 4. The number of carbonyl (C=O) groups excluding carboxylic acids is 2. The fourth-order valence-electron chi connectivity index (χ4n) is 4.45. The van der Waals surface area contributed by atoms with Crippen LogP contribution in [0, 0.1) is 19.8 Å². The molecule has 30 heavy (non-hydrogen) atoms. The largest absolute Gasteiger partial charge is 0.381 e. The van der Waals surface area contributed by atoms with Gasteiger partial charge in [0.1, 0.15) is 6.04 Å². The lowest BCUT2D eigenvalue weighted by molar-refractivity contribution is -0.146. The molecule has 1 aromatic heterocycles. The van der Waals surface area contributed by atoms with Crippen molar-refractivity contribution in [2.75, 3.05) is 25.1 Å². The highest BCUT2D eigenvalue weighted by atomic mass is 16.5. The maximum atomic E-state index is 13.0. The SMILES string of the molecule is Cc1cc(C)n(-c2ccc(NC(=O)[C@@H]3CCCCN3C(=O)C3CCOCC3)cc2)n1. The number of anilines is 1. The van der Waals surface area contributed by atoms with Gasteiger partial charge >= 0.3 is 0 Å². The number of ether oxygens (including phenoxy) is 1. The molecule has 2 amide bonds. The summed E-state index contributed by atoms with van der Waals surface area (Å²) in [5.74, 6) is -0.0146. The van der Waals surface area contributed by atoms with Gasteiger partial charge in [0.2, 0.25) is 11.8 Å². The minimum Gasteiger partial charge on any atom is -0.381 e. The van der Waals surface area contributed by atoms with Gasteiger partial charge in [-0.1, -0.05) is 0 Å². The Labute approximate surface area is 177 Å². The molecular formula is C23H30N4O3. The second-order valence-corrected chi connectivity index (χ2v) is 8.30. The molecule has 1 atom stereocenters. The van der Waals surface area contributed by atoms with E-state index in [0.29, 0.717) is 26.2 Å². The number of piperidine rings is 1. The van der Waals surface area contributed by atoms with E-state index in [1.807, 2.05) is 48.9 Å². The first-order valence-electron chi connectivity index (χ1n) is 10.9. The van der Waals surface area contributed by atoms with Crippen molar-refractivity contribution in [1.29, 1.82) is 0 Å². The van der Waals surface area contributed by atoms with Crippen LogP contribution in [0.25, 0.3) is 5.69 Å². The molecule has 0 aliphatic carbocycles. The lowest BCUT2D eigenvalue weighted by Gasteiger charge is -2.37. The molecule has 1 aromatic carbocycles. The molecule has 0 bridgehead atoms. The van der Waals surface area contributed by atoms with Gasteiger partial charge in [-0.3, -0.25) is 9.59 Å². The van der Waals surface area contributed by atoms with Crippen LogP contribution in [0.3, 0.4) is 0 Å². The van der Waals surface area contributed by atoms with E-state index >= 15 is 0 Å². The number of hydrogen-bond donors (Lipinski definition) is 1. The molecule has 7 nitrogen and oxygen atoms in total. The third kappa shape index (κ3) is 4.41. The molecule has 7 heteroatoms. The van der Waals surface area contributed by atoms with Gasteiger partial charge in [0, 0.05) is 37.1 Å². The van der Waals surface area contributed by atoms with E-state index in [1.165, 1.54) is 0 Å². The van der Waals surface area contributed by atoms with Crippen LogP contribution in [0.1, 0.15) is 43.5 Å². The van der Waals surface area contributed by atoms with Gasteiger partial charge in [0.15, 0.2) is 0 Å². The lowest BCUT2D eigenvalue weighted by atomic mass is 9.94. The molecule has 4 rings (SSSR count). The summed E-state index contributed by atoms with van der Waals surface area (Å²) < 4.78 is 7.27. The zero-order valence-electron chi connectivity index (χ0n) is 17.8. The van der Waals surface area contributed by atoms with E-state index in [0.717, 1.165) is 48.4 Å². The fraction of sp³-hybridized carbons (Fsp3) is 0.522. The van der Waals surface area contributed by atoms with Crippen LogP contribution < -0.4 is 5.32 Å². The van der Waals surface area contributed by atoms with Crippen molar-refractivity contribution in [3.05, 3.63) is 41.7 Å². The molecule has 0 unspecified atom stereocenters. The van der Waals surface area contributed by atoms with Crippen molar-refractivity contribution in [3.63, 3.8) is 0 Å². The Morgan fingerprint density at radius 1 is 1.07 bits per heavy atom. The van der Waals surface area contributed by atoms with Crippen molar-refractivity contribution in [3.8, 4) is 5.69 Å². The second-order valence-electron chi connectivity index (χ2n) is 8.30. The topological polar surface area (TPSA) is 76.5 Å². The van der Waals surface area contributed by atoms with E-state index in [4.69, 9.17) is 4.74 Å². The number of carbonyl (C=O) groups is 2. The Hall–Kier alpha value is -2.67. The minimum absolute atomic E-state index is 0.0211. The summed E-state index contributed by atoms with van der Waals surface area (Å²) in [6.07, 6.45) is 4.13. The molecule has 160 valence electrons. The number of amides is 2. The molecule has 1 N–H and O–H groups in total. The van der Waals surface area contributed by atoms with Crippen LogP contribution in [-0.4, -0.2) is 52.3 Å². The van der Waals surface area contributed by atoms with E-state index in [-0.39, 0.29) is 17.7 Å². The van der Waals surface area contributed by atoms with Crippen LogP contribution in [0.15, 0.2) is 30.3 Å². The lowest BCUT2D eigenvalue weighted by Crippen LogP contribution is -2.52. The maximum absolute atomic E-state index is 13.0. The predicted molar refractivity (Wildman–Crippen MR) is 115 cm³/mol. The molecule has 3 heterocycles. The van der Waals surface area contributed by atoms with Crippen LogP contribution >= 0.6 is 0 Å². The highest BCUT2D eigenvalue weighted by Crippen LogP contribution is 2.25. The molecule has 0 spiro atoms. The normalized spacial score (nSPS) is 20.2. The third-order valence-corrected chi connectivity index (χ3v) is 6.05. The first-order valence-corrected chi connectivity index (χ1v) is 10.9. The van der Waals surface area contributed by atoms with Gasteiger partial charge in [-0.15, -0.1) is 0 Å². The number of nitrogens with one attached hydrogen (secondary N) is 1. The predicted octanol–water partition coefficient (Wildman–Crippen LogP) is 3.24. The number of benzene rings is 1. The number of nitrogens with zero attached hydrogens (tertiary/aromatic N) is 3. The van der Waals surface area contributed by atoms with Crippen LogP contribution in [0.4, 0.5) is 5.69 Å². The van der Waals surface area contributed by atoms with Crippen LogP contribution in [0.2, 0.25) is 0 Å². The first-order chi connectivity index (χ1) is 14.5. The van der Waals surface area contributed by atoms with Crippen molar-refractivity contribution >= 4 is 17.5 Å². The van der Waals surface area contributed by atoms with Crippen LogP contribution in [-0.2, 0) is 14.3 Å². The van der Waals surface area contributed by atoms with Gasteiger partial charge in [-0.2, -0.15) is 5.10 Å². The maximum Gasteiger partial charge on any atom is 0.247 e. The number of likely N-dealkylation sites (tertiary alicyclic amines) is 1. The van der Waals surface area contributed by atoms with Crippen LogP contribution in [0.5, 0.6) is 0 Å². The smallest absolute Gasteiger partial charge is 0.247 e. The fourth-order valence-corrected chi connectivity index (χ4v) is 4.45. The summed E-state index contributed by atoms with van der Waals surface area (Å²) in [5.41, 5.74) is 3.71. The summed E-state index contributed by atoms with van der Waals surface area (Å²) in [4.78, 5) is 27.9. The zero-order chi connectivity index (χ0) is 21.1. The molecule has 2 aliphatic rings. The van der Waals surface area contributed by atoms with Gasteiger partial charge in [0.25, 0.3) is 0 Å². The zero-order valence-corrected chi connectivity index (χ0v) is 17.8. The average Bonchev–Trinajstić information content (AvgIpc) is 3.12. The Balaban J connectivity index is 1.43. The number of aryl methyl sites for hydroxylation is 2. The highest BCUT2D eigenvalue weighted by Gasteiger charge is 2.35. The summed E-state index contributed by atoms with van der Waals surface area (Å²) >= 11 is 0. The summed E-state index contributed by atoms with van der Waals surface area (Å²) in [6.45, 7) is 5.90. The molecule has 2 saturated heterocycles. The average molecular weight is 411 g/mol. The Bertz CT molecular complexity index is 900. The number of aromatic nitrogens is 2. The van der Waals surface area contributed by atoms with Crippen molar-refractivity contribution in [1.82, 2.24) is 14.7 Å². The van der Waals surface area contributed by atoms with E-state index in [1.54, 1.807) is 4.90 Å². The van der Waals surface area contributed by atoms with Crippen molar-refractivity contribution in [2.24, 2.45) is 5.92 Å². The van der Waals surface area contributed by atoms with Crippen molar-refractivity contribution < 1.29 is 14.3 Å². The molecule has 0 radical (unpaired) electrons. The molecule has 2 aromatic rings. The molecular weight excluding hydrogens is 380 g/mol. The summed E-state index contributed by atoms with van der Waals surface area (Å²) in [6, 6.07) is 9.29. The van der Waals surface area contributed by atoms with E-state index in [2.05, 4.69) is 10.4 Å². The third-order valence-electron chi connectivity index (χ3n) is 6.05. The second kappa shape index (κ2) is 9.00. The summed E-state index contributed by atoms with van der Waals surface area (Å²) in [5, 5.41) is 7.51. The van der Waals surface area contributed by atoms with Gasteiger partial charge < -0.3 is 15.0 Å². The first kappa shape index (κ1) is 20.6. The van der Waals surface area contributed by atoms with Gasteiger partial charge in [-0.25, -0.2) is 4.68 Å². The Morgan fingerprint density at radius 2 is 1.80 bits per heavy atom. The van der Waals surface area contributed by atoms with Gasteiger partial charge in [-0.05, 0) is 76.3 Å². The standard InChI is InChI=1S/C23H30N4O3/c1-16-15-17(2)27(25-16)20-8-6-19(7-9-20)24-22(28)21-5-3-4-12-26(21)23(29)18-10-13-30-14-11-18/h6-9,15,18,21H,3-5,10-14H2,1-2H3,(H,24,28)/t21-/m0/s1. The Kier molecular flexibility index (Phi) is 6.18. The molecule has 2 fully saturated rings. The molecule has 2 aliphatic heterocycles. The quantitative estimate of drug-likeness (QED) is 0.840. The summed E-state index contributed by atoms with van der Waals surface area (Å²) in [7, 11) is 0. The minimum atomic E-state index is -0.398. The molecule has 0 saturated carbocycles. The van der Waals surface area contributed by atoms with E-state index in [9.17, 15) is 9.59 Å². The van der Waals surface area contributed by atoms with Crippen molar-refractivity contribution in [2.45, 2.75) is 52.0 Å². The Morgan fingerprint density at radius 3 is 2.47 bits per heavy atom. The monoisotopic (exact) mass is 410 g/mol. The van der Waals surface area contributed by atoms with Gasteiger partial charge in [0.05, 0.1) is 11.4 Å². The van der Waals surface area contributed by atoms with E-state index < -0.39 is 6.04 Å². The number of rotatable bonds is 4.